The molecule has 4 nitrogen and oxygen atoms in total. The average molecular weight is 191 g/mol. The molecule has 0 amide bonds. The second-order valence-corrected chi connectivity index (χ2v) is 2.26. The maximum absolute atomic E-state index is 12.1. The average Bonchev–Trinajstić information content (AvgIpc) is 2.04. The Morgan fingerprint density at radius 1 is 1.62 bits per heavy atom. The standard InChI is InChI=1S/C7H7F2NO3/c1-13-5-4(11)3(6(8)9)2-10-7(5)12/h2,6H,1H3,(H2,10,11,12). The molecule has 0 saturated heterocycles. The van der Waals surface area contributed by atoms with E-state index in [1.165, 1.54) is 0 Å². The van der Waals surface area contributed by atoms with Crippen molar-refractivity contribution in [3.63, 3.8) is 0 Å². The molecule has 1 heterocycles. The zero-order chi connectivity index (χ0) is 10.0. The number of hydrogen-bond acceptors (Lipinski definition) is 3. The SMILES string of the molecule is COc1c(O)c(C(F)F)c[nH]c1=O. The second kappa shape index (κ2) is 3.42. The number of ether oxygens (including phenoxy) is 1. The number of aromatic hydroxyl groups is 1. The molecule has 1 aromatic rings. The van der Waals surface area contributed by atoms with Crippen molar-refractivity contribution in [2.75, 3.05) is 7.11 Å². The van der Waals surface area contributed by atoms with Gasteiger partial charge in [-0.1, -0.05) is 0 Å². The molecule has 0 aromatic carbocycles. The fraction of sp³-hybridized carbons (Fsp3) is 0.286. The van der Waals surface area contributed by atoms with Crippen molar-refractivity contribution in [2.45, 2.75) is 6.43 Å². The molecule has 13 heavy (non-hydrogen) atoms. The van der Waals surface area contributed by atoms with Crippen LogP contribution < -0.4 is 10.3 Å². The molecule has 6 heteroatoms. The van der Waals surface area contributed by atoms with Gasteiger partial charge in [-0.3, -0.25) is 4.79 Å². The predicted octanol–water partition coefficient (Wildman–Crippen LogP) is 1.03. The summed E-state index contributed by atoms with van der Waals surface area (Å²) >= 11 is 0. The van der Waals surface area contributed by atoms with Crippen molar-refractivity contribution in [3.05, 3.63) is 22.1 Å². The number of pyridine rings is 1. The van der Waals surface area contributed by atoms with E-state index in [1.807, 2.05) is 4.98 Å². The van der Waals surface area contributed by atoms with Crippen LogP contribution in [-0.4, -0.2) is 17.2 Å². The zero-order valence-corrected chi connectivity index (χ0v) is 6.67. The van der Waals surface area contributed by atoms with Gasteiger partial charge in [0.05, 0.1) is 12.7 Å². The van der Waals surface area contributed by atoms with E-state index in [1.54, 1.807) is 0 Å². The third kappa shape index (κ3) is 1.61. The summed E-state index contributed by atoms with van der Waals surface area (Å²) in [6, 6.07) is 0. The van der Waals surface area contributed by atoms with E-state index in [9.17, 15) is 13.6 Å². The van der Waals surface area contributed by atoms with Gasteiger partial charge in [0, 0.05) is 6.20 Å². The van der Waals surface area contributed by atoms with E-state index in [2.05, 4.69) is 4.74 Å². The first kappa shape index (κ1) is 9.50. The molecule has 1 rings (SSSR count). The summed E-state index contributed by atoms with van der Waals surface area (Å²) in [6.45, 7) is 0. The van der Waals surface area contributed by atoms with E-state index in [-0.39, 0.29) is 0 Å². The highest BCUT2D eigenvalue weighted by Crippen LogP contribution is 2.31. The second-order valence-electron chi connectivity index (χ2n) is 2.26. The number of hydrogen-bond donors (Lipinski definition) is 2. The Labute approximate surface area is 71.8 Å². The lowest BCUT2D eigenvalue weighted by molar-refractivity contribution is 0.146. The maximum atomic E-state index is 12.1. The molecule has 0 fully saturated rings. The lowest BCUT2D eigenvalue weighted by atomic mass is 10.2. The van der Waals surface area contributed by atoms with Gasteiger partial charge in [0.2, 0.25) is 5.75 Å². The van der Waals surface area contributed by atoms with Crippen molar-refractivity contribution in [1.29, 1.82) is 0 Å². The van der Waals surface area contributed by atoms with Crippen LogP contribution >= 0.6 is 0 Å². The van der Waals surface area contributed by atoms with Gasteiger partial charge in [0.25, 0.3) is 12.0 Å². The van der Waals surface area contributed by atoms with Gasteiger partial charge in [-0.15, -0.1) is 0 Å². The van der Waals surface area contributed by atoms with E-state index in [0.29, 0.717) is 0 Å². The summed E-state index contributed by atoms with van der Waals surface area (Å²) < 4.78 is 28.7. The van der Waals surface area contributed by atoms with Crippen molar-refractivity contribution in [2.24, 2.45) is 0 Å². The van der Waals surface area contributed by atoms with Crippen LogP contribution in [0.25, 0.3) is 0 Å². The topological polar surface area (TPSA) is 62.3 Å². The van der Waals surface area contributed by atoms with E-state index < -0.39 is 29.0 Å². The third-order valence-electron chi connectivity index (χ3n) is 1.49. The summed E-state index contributed by atoms with van der Waals surface area (Å²) in [7, 11) is 1.11. The summed E-state index contributed by atoms with van der Waals surface area (Å²) in [5.74, 6) is -1.32. The highest BCUT2D eigenvalue weighted by atomic mass is 19.3. The number of aromatic amines is 1. The summed E-state index contributed by atoms with van der Waals surface area (Å²) in [5.41, 5.74) is -1.40. The molecule has 0 aliphatic carbocycles. The molecule has 0 aliphatic rings. The highest BCUT2D eigenvalue weighted by molar-refractivity contribution is 5.42. The molecule has 0 radical (unpaired) electrons. The third-order valence-corrected chi connectivity index (χ3v) is 1.49. The molecule has 1 aromatic heterocycles. The first-order chi connectivity index (χ1) is 6.07. The number of H-pyrrole nitrogens is 1. The van der Waals surface area contributed by atoms with Crippen LogP contribution in [0.2, 0.25) is 0 Å². The summed E-state index contributed by atoms with van der Waals surface area (Å²) in [4.78, 5) is 12.9. The number of alkyl halides is 2. The molecule has 0 saturated carbocycles. The zero-order valence-electron chi connectivity index (χ0n) is 6.67. The van der Waals surface area contributed by atoms with Crippen LogP contribution in [0.1, 0.15) is 12.0 Å². The number of halogens is 2. The van der Waals surface area contributed by atoms with Crippen LogP contribution in [0, 0.1) is 0 Å². The summed E-state index contributed by atoms with van der Waals surface area (Å²) in [6.07, 6.45) is -2.10. The van der Waals surface area contributed by atoms with Crippen LogP contribution in [-0.2, 0) is 0 Å². The minimum Gasteiger partial charge on any atom is -0.504 e. The Kier molecular flexibility index (Phi) is 2.50. The predicted molar refractivity (Wildman–Crippen MR) is 40.2 cm³/mol. The fourth-order valence-electron chi connectivity index (χ4n) is 0.872. The Balaban J connectivity index is 3.36. The Hall–Kier alpha value is -1.59. The molecule has 0 aliphatic heterocycles. The van der Waals surface area contributed by atoms with Crippen LogP contribution in [0.3, 0.4) is 0 Å². The molecule has 0 atom stereocenters. The molecule has 0 spiro atoms. The fourth-order valence-corrected chi connectivity index (χ4v) is 0.872. The van der Waals surface area contributed by atoms with Crippen molar-refractivity contribution >= 4 is 0 Å². The lowest BCUT2D eigenvalue weighted by Gasteiger charge is -2.06. The monoisotopic (exact) mass is 191 g/mol. The first-order valence-electron chi connectivity index (χ1n) is 3.34. The first-order valence-corrected chi connectivity index (χ1v) is 3.34. The molecule has 72 valence electrons. The van der Waals surface area contributed by atoms with Gasteiger partial charge in [0.15, 0.2) is 5.75 Å². The Morgan fingerprint density at radius 3 is 2.69 bits per heavy atom. The van der Waals surface area contributed by atoms with Crippen molar-refractivity contribution in [3.8, 4) is 11.5 Å². The minimum absolute atomic E-state index is 0.502. The Bertz CT molecular complexity index is 361. The lowest BCUT2D eigenvalue weighted by Crippen LogP contribution is -2.10. The van der Waals surface area contributed by atoms with Crippen molar-refractivity contribution < 1.29 is 18.6 Å². The molecular formula is C7H7F2NO3. The van der Waals surface area contributed by atoms with Crippen LogP contribution in [0.4, 0.5) is 8.78 Å². The quantitative estimate of drug-likeness (QED) is 0.733. The van der Waals surface area contributed by atoms with E-state index in [0.717, 1.165) is 13.3 Å². The Morgan fingerprint density at radius 2 is 2.23 bits per heavy atom. The van der Waals surface area contributed by atoms with Crippen molar-refractivity contribution in [1.82, 2.24) is 4.98 Å². The van der Waals surface area contributed by atoms with E-state index >= 15 is 0 Å². The van der Waals surface area contributed by atoms with Crippen LogP contribution in [0.5, 0.6) is 11.5 Å². The number of nitrogens with one attached hydrogen (secondary N) is 1. The molecule has 0 unspecified atom stereocenters. The number of methoxy groups -OCH3 is 1. The van der Waals surface area contributed by atoms with Gasteiger partial charge < -0.3 is 14.8 Å². The molecule has 0 bridgehead atoms. The van der Waals surface area contributed by atoms with Crippen LogP contribution in [0.15, 0.2) is 11.0 Å². The van der Waals surface area contributed by atoms with Gasteiger partial charge >= 0.3 is 0 Å². The number of aromatic nitrogens is 1. The largest absolute Gasteiger partial charge is 0.504 e. The van der Waals surface area contributed by atoms with Gasteiger partial charge in [0.1, 0.15) is 0 Å². The molecular weight excluding hydrogens is 184 g/mol. The van der Waals surface area contributed by atoms with Gasteiger partial charge in [-0.25, -0.2) is 8.78 Å². The normalized spacial score (nSPS) is 10.5. The number of rotatable bonds is 2. The van der Waals surface area contributed by atoms with E-state index in [4.69, 9.17) is 5.11 Å². The smallest absolute Gasteiger partial charge is 0.294 e. The highest BCUT2D eigenvalue weighted by Gasteiger charge is 2.18. The minimum atomic E-state index is -2.86. The maximum Gasteiger partial charge on any atom is 0.294 e. The van der Waals surface area contributed by atoms with Gasteiger partial charge in [-0.05, 0) is 0 Å². The van der Waals surface area contributed by atoms with Gasteiger partial charge in [-0.2, -0.15) is 0 Å². The molecule has 2 N–H and O–H groups in total. The summed E-state index contributed by atoms with van der Waals surface area (Å²) in [5, 5.41) is 9.12.